The minimum atomic E-state index is -0.810. The third-order valence-electron chi connectivity index (χ3n) is 2.58. The van der Waals surface area contributed by atoms with E-state index in [4.69, 9.17) is 0 Å². The molecule has 0 heterocycles. The summed E-state index contributed by atoms with van der Waals surface area (Å²) < 4.78 is 23.6. The number of rotatable bonds is 7. The van der Waals surface area contributed by atoms with E-state index in [0.717, 1.165) is 6.42 Å². The second kappa shape index (κ2) is 8.01. The summed E-state index contributed by atoms with van der Waals surface area (Å²) in [4.78, 5) is 11.6. The van der Waals surface area contributed by atoms with Gasteiger partial charge in [0.2, 0.25) is 5.91 Å². The van der Waals surface area contributed by atoms with Gasteiger partial charge >= 0.3 is 0 Å². The number of nitrogens with one attached hydrogen (secondary N) is 2. The Morgan fingerprint density at radius 2 is 2.00 bits per heavy atom. The molecule has 2 N–H and O–H groups in total. The van der Waals surface area contributed by atoms with Crippen molar-refractivity contribution in [1.29, 1.82) is 0 Å². The van der Waals surface area contributed by atoms with E-state index in [9.17, 15) is 13.4 Å². The van der Waals surface area contributed by atoms with E-state index < -0.39 is 10.8 Å². The molecule has 1 aromatic carbocycles. The van der Waals surface area contributed by atoms with Gasteiger partial charge in [0, 0.05) is 34.5 Å². The molecule has 2 unspecified atom stereocenters. The third kappa shape index (κ3) is 7.03. The number of benzene rings is 1. The molecular formula is C13H19FN2O2S. The van der Waals surface area contributed by atoms with Crippen LogP contribution in [0.4, 0.5) is 10.1 Å². The Morgan fingerprint density at radius 3 is 2.58 bits per heavy atom. The lowest BCUT2D eigenvalue weighted by molar-refractivity contribution is -0.115. The van der Waals surface area contributed by atoms with Gasteiger partial charge < -0.3 is 10.6 Å². The minimum absolute atomic E-state index is 0.128. The second-order valence-electron chi connectivity index (χ2n) is 4.40. The van der Waals surface area contributed by atoms with Crippen LogP contribution in [0.5, 0.6) is 0 Å². The first-order chi connectivity index (χ1) is 8.97. The molecule has 1 aromatic rings. The lowest BCUT2D eigenvalue weighted by Gasteiger charge is -2.13. The highest BCUT2D eigenvalue weighted by Crippen LogP contribution is 2.07. The number of carbonyl (C=O) groups excluding carboxylic acids is 1. The lowest BCUT2D eigenvalue weighted by Crippen LogP contribution is -2.35. The van der Waals surface area contributed by atoms with Crippen LogP contribution < -0.4 is 10.6 Å². The van der Waals surface area contributed by atoms with Crippen LogP contribution in [0.1, 0.15) is 13.3 Å². The number of hydrogen-bond donors (Lipinski definition) is 2. The molecule has 0 aromatic heterocycles. The molecule has 2 atom stereocenters. The zero-order valence-electron chi connectivity index (χ0n) is 11.1. The second-order valence-corrected chi connectivity index (χ2v) is 5.96. The van der Waals surface area contributed by atoms with Crippen molar-refractivity contribution >= 4 is 22.4 Å². The molecule has 19 heavy (non-hydrogen) atoms. The van der Waals surface area contributed by atoms with Crippen LogP contribution in [0.15, 0.2) is 24.3 Å². The van der Waals surface area contributed by atoms with Gasteiger partial charge in [-0.25, -0.2) is 4.39 Å². The van der Waals surface area contributed by atoms with Gasteiger partial charge in [0.05, 0.1) is 6.54 Å². The Hall–Kier alpha value is -1.27. The number of anilines is 1. The van der Waals surface area contributed by atoms with Gasteiger partial charge in [0.25, 0.3) is 0 Å². The van der Waals surface area contributed by atoms with Crippen molar-refractivity contribution in [2.45, 2.75) is 19.4 Å². The third-order valence-corrected chi connectivity index (χ3v) is 3.39. The molecule has 0 saturated heterocycles. The zero-order valence-corrected chi connectivity index (χ0v) is 11.9. The predicted molar refractivity (Wildman–Crippen MR) is 76.0 cm³/mol. The average Bonchev–Trinajstić information content (AvgIpc) is 2.36. The summed E-state index contributed by atoms with van der Waals surface area (Å²) in [7, 11) is -0.810. The van der Waals surface area contributed by atoms with Gasteiger partial charge in [-0.2, -0.15) is 0 Å². The van der Waals surface area contributed by atoms with Crippen LogP contribution >= 0.6 is 0 Å². The maximum Gasteiger partial charge on any atom is 0.238 e. The first kappa shape index (κ1) is 15.8. The molecule has 0 saturated carbocycles. The molecule has 106 valence electrons. The highest BCUT2D eigenvalue weighted by Gasteiger charge is 2.06. The van der Waals surface area contributed by atoms with Crippen molar-refractivity contribution in [3.8, 4) is 0 Å². The smallest absolute Gasteiger partial charge is 0.238 e. The topological polar surface area (TPSA) is 58.2 Å². The number of amides is 1. The first-order valence-corrected chi connectivity index (χ1v) is 7.79. The highest BCUT2D eigenvalue weighted by atomic mass is 32.2. The van der Waals surface area contributed by atoms with Crippen LogP contribution in [0.25, 0.3) is 0 Å². The Morgan fingerprint density at radius 1 is 1.37 bits per heavy atom. The van der Waals surface area contributed by atoms with E-state index in [1.807, 2.05) is 6.92 Å². The summed E-state index contributed by atoms with van der Waals surface area (Å²) in [6.45, 7) is 2.12. The number of carbonyl (C=O) groups is 1. The maximum atomic E-state index is 12.7. The number of halogens is 1. The van der Waals surface area contributed by atoms with Gasteiger partial charge in [-0.15, -0.1) is 0 Å². The molecule has 6 heteroatoms. The molecule has 0 aliphatic heterocycles. The van der Waals surface area contributed by atoms with Crippen molar-refractivity contribution in [2.24, 2.45) is 0 Å². The molecule has 4 nitrogen and oxygen atoms in total. The average molecular weight is 286 g/mol. The van der Waals surface area contributed by atoms with Crippen LogP contribution in [-0.2, 0) is 15.6 Å². The van der Waals surface area contributed by atoms with Gasteiger partial charge in [0.1, 0.15) is 5.82 Å². The van der Waals surface area contributed by atoms with E-state index in [-0.39, 0.29) is 24.3 Å². The van der Waals surface area contributed by atoms with Gasteiger partial charge in [-0.3, -0.25) is 9.00 Å². The van der Waals surface area contributed by atoms with Gasteiger partial charge in [-0.05, 0) is 37.6 Å². The standard InChI is InChI=1S/C13H19FN2O2S/c1-10(7-8-19(2)18)15-9-13(17)16-12-5-3-11(14)4-6-12/h3-6,10,15H,7-9H2,1-2H3,(H,16,17). The summed E-state index contributed by atoms with van der Waals surface area (Å²) in [5.74, 6) is 0.0988. The van der Waals surface area contributed by atoms with Crippen LogP contribution in [0.2, 0.25) is 0 Å². The van der Waals surface area contributed by atoms with E-state index in [2.05, 4.69) is 10.6 Å². The van der Waals surface area contributed by atoms with Crippen LogP contribution in [0, 0.1) is 5.82 Å². The predicted octanol–water partition coefficient (Wildman–Crippen LogP) is 1.51. The Labute approximate surface area is 115 Å². The van der Waals surface area contributed by atoms with E-state index >= 15 is 0 Å². The van der Waals surface area contributed by atoms with Gasteiger partial charge in [-0.1, -0.05) is 0 Å². The SMILES string of the molecule is CC(CCS(C)=O)NCC(=O)Nc1ccc(F)cc1. The molecule has 0 fully saturated rings. The summed E-state index contributed by atoms with van der Waals surface area (Å²) in [6.07, 6.45) is 2.42. The summed E-state index contributed by atoms with van der Waals surface area (Å²) in [6, 6.07) is 5.74. The largest absolute Gasteiger partial charge is 0.325 e. The van der Waals surface area contributed by atoms with Crippen molar-refractivity contribution in [1.82, 2.24) is 5.32 Å². The molecular weight excluding hydrogens is 267 g/mol. The fourth-order valence-electron chi connectivity index (χ4n) is 1.45. The van der Waals surface area contributed by atoms with Crippen molar-refractivity contribution in [2.75, 3.05) is 23.9 Å². The fourth-order valence-corrected chi connectivity index (χ4v) is 2.14. The van der Waals surface area contributed by atoms with Crippen molar-refractivity contribution in [3.05, 3.63) is 30.1 Å². The van der Waals surface area contributed by atoms with Crippen LogP contribution in [-0.4, -0.2) is 34.7 Å². The van der Waals surface area contributed by atoms with Crippen molar-refractivity contribution in [3.63, 3.8) is 0 Å². The minimum Gasteiger partial charge on any atom is -0.325 e. The first-order valence-electron chi connectivity index (χ1n) is 6.06. The summed E-state index contributed by atoms with van der Waals surface area (Å²) in [5, 5.41) is 5.71. The molecule has 0 radical (unpaired) electrons. The zero-order chi connectivity index (χ0) is 14.3. The molecule has 0 aliphatic rings. The van der Waals surface area contributed by atoms with E-state index in [1.165, 1.54) is 24.3 Å². The quantitative estimate of drug-likeness (QED) is 0.799. The Kier molecular flexibility index (Phi) is 6.66. The monoisotopic (exact) mass is 286 g/mol. The summed E-state index contributed by atoms with van der Waals surface area (Å²) >= 11 is 0. The fraction of sp³-hybridized carbons (Fsp3) is 0.462. The Balaban J connectivity index is 2.27. The van der Waals surface area contributed by atoms with Crippen molar-refractivity contribution < 1.29 is 13.4 Å². The molecule has 0 bridgehead atoms. The highest BCUT2D eigenvalue weighted by molar-refractivity contribution is 7.84. The number of hydrogen-bond acceptors (Lipinski definition) is 3. The maximum absolute atomic E-state index is 12.7. The molecule has 1 rings (SSSR count). The lowest BCUT2D eigenvalue weighted by atomic mass is 10.2. The molecule has 1 amide bonds. The van der Waals surface area contributed by atoms with E-state index in [1.54, 1.807) is 6.26 Å². The molecule has 0 spiro atoms. The summed E-state index contributed by atoms with van der Waals surface area (Å²) in [5.41, 5.74) is 0.565. The molecule has 0 aliphatic carbocycles. The normalized spacial score (nSPS) is 13.8. The van der Waals surface area contributed by atoms with E-state index in [0.29, 0.717) is 11.4 Å². The van der Waals surface area contributed by atoms with Gasteiger partial charge in [0.15, 0.2) is 0 Å². The Bertz CT molecular complexity index is 437. The van der Waals surface area contributed by atoms with Crippen LogP contribution in [0.3, 0.4) is 0 Å².